The number of likely N-dealkylation sites (tertiary alicyclic amines) is 1. The van der Waals surface area contributed by atoms with Gasteiger partial charge in [-0.15, -0.1) is 0 Å². The second-order valence-corrected chi connectivity index (χ2v) is 6.66. The minimum Gasteiger partial charge on any atom is -0.481 e. The van der Waals surface area contributed by atoms with Gasteiger partial charge in [0.05, 0.1) is 5.92 Å². The molecule has 1 atom stereocenters. The highest BCUT2D eigenvalue weighted by Gasteiger charge is 2.45. The number of carboxylic acids is 1. The summed E-state index contributed by atoms with van der Waals surface area (Å²) in [4.78, 5) is 25.6. The second kappa shape index (κ2) is 5.51. The van der Waals surface area contributed by atoms with E-state index in [9.17, 15) is 9.59 Å². The van der Waals surface area contributed by atoms with E-state index in [4.69, 9.17) is 5.11 Å². The Morgan fingerprint density at radius 2 is 1.95 bits per heavy atom. The van der Waals surface area contributed by atoms with Crippen LogP contribution in [-0.2, 0) is 9.59 Å². The average Bonchev–Trinajstić information content (AvgIpc) is 2.95. The fourth-order valence-corrected chi connectivity index (χ4v) is 3.82. The van der Waals surface area contributed by atoms with Gasteiger partial charge < -0.3 is 10.0 Å². The van der Waals surface area contributed by atoms with Gasteiger partial charge in [-0.3, -0.25) is 9.59 Å². The van der Waals surface area contributed by atoms with E-state index in [0.717, 1.165) is 32.1 Å². The summed E-state index contributed by atoms with van der Waals surface area (Å²) >= 11 is 0. The molecule has 4 heteroatoms. The summed E-state index contributed by atoms with van der Waals surface area (Å²) in [7, 11) is 0. The van der Waals surface area contributed by atoms with Gasteiger partial charge in [0, 0.05) is 18.5 Å². The van der Waals surface area contributed by atoms with Gasteiger partial charge in [-0.25, -0.2) is 0 Å². The van der Waals surface area contributed by atoms with E-state index in [0.29, 0.717) is 25.4 Å². The van der Waals surface area contributed by atoms with Crippen molar-refractivity contribution in [2.75, 3.05) is 13.1 Å². The van der Waals surface area contributed by atoms with Gasteiger partial charge >= 0.3 is 5.97 Å². The first kappa shape index (κ1) is 14.4. The van der Waals surface area contributed by atoms with Crippen molar-refractivity contribution in [2.45, 2.75) is 52.4 Å². The second-order valence-electron chi connectivity index (χ2n) is 6.66. The van der Waals surface area contributed by atoms with Gasteiger partial charge in [0.15, 0.2) is 0 Å². The zero-order valence-corrected chi connectivity index (χ0v) is 12.0. The predicted molar refractivity (Wildman–Crippen MR) is 72.7 cm³/mol. The Labute approximate surface area is 115 Å². The smallest absolute Gasteiger partial charge is 0.308 e. The lowest BCUT2D eigenvalue weighted by molar-refractivity contribution is -0.143. The highest BCUT2D eigenvalue weighted by atomic mass is 16.4. The molecule has 1 aliphatic heterocycles. The fourth-order valence-electron chi connectivity index (χ4n) is 3.82. The summed E-state index contributed by atoms with van der Waals surface area (Å²) in [5, 5.41) is 9.05. The van der Waals surface area contributed by atoms with E-state index < -0.39 is 5.97 Å². The third kappa shape index (κ3) is 2.93. The molecule has 0 aromatic heterocycles. The Kier molecular flexibility index (Phi) is 4.16. The van der Waals surface area contributed by atoms with Crippen LogP contribution in [0.15, 0.2) is 0 Å². The number of rotatable bonds is 4. The molecule has 1 heterocycles. The lowest BCUT2D eigenvalue weighted by atomic mass is 9.77. The number of hydrogen-bond donors (Lipinski definition) is 1. The van der Waals surface area contributed by atoms with E-state index in [1.165, 1.54) is 0 Å². The van der Waals surface area contributed by atoms with Crippen LogP contribution >= 0.6 is 0 Å². The molecule has 0 spiro atoms. The first-order chi connectivity index (χ1) is 8.94. The minimum absolute atomic E-state index is 0.193. The van der Waals surface area contributed by atoms with Crippen LogP contribution < -0.4 is 0 Å². The van der Waals surface area contributed by atoms with Gasteiger partial charge in [-0.2, -0.15) is 0 Å². The van der Waals surface area contributed by atoms with E-state index in [-0.39, 0.29) is 17.2 Å². The summed E-state index contributed by atoms with van der Waals surface area (Å²) in [6.45, 7) is 5.36. The van der Waals surface area contributed by atoms with Crippen molar-refractivity contribution in [1.82, 2.24) is 4.90 Å². The maximum atomic E-state index is 12.8. The Balaban J connectivity index is 2.06. The normalized spacial score (nSPS) is 26.1. The van der Waals surface area contributed by atoms with Gasteiger partial charge in [-0.1, -0.05) is 26.7 Å². The fraction of sp³-hybridized carbons (Fsp3) is 0.867. The van der Waals surface area contributed by atoms with Crippen molar-refractivity contribution in [3.8, 4) is 0 Å². The van der Waals surface area contributed by atoms with Crippen molar-refractivity contribution >= 4 is 11.9 Å². The molecule has 0 bridgehead atoms. The van der Waals surface area contributed by atoms with Crippen molar-refractivity contribution < 1.29 is 14.7 Å². The average molecular weight is 267 g/mol. The monoisotopic (exact) mass is 267 g/mol. The van der Waals surface area contributed by atoms with Gasteiger partial charge in [0.2, 0.25) is 5.91 Å². The lowest BCUT2D eigenvalue weighted by Gasteiger charge is -2.33. The molecule has 1 unspecified atom stereocenters. The standard InChI is InChI=1S/C15H25NO3/c1-11(2)9-15(6-3-4-7-15)14(19)16-8-5-12(10-16)13(17)18/h11-12H,3-10H2,1-2H3,(H,17,18). The summed E-state index contributed by atoms with van der Waals surface area (Å²) in [6.07, 6.45) is 5.79. The number of carbonyl (C=O) groups excluding carboxylic acids is 1. The number of carboxylic acid groups (broad SMARTS) is 1. The molecule has 1 N–H and O–H groups in total. The highest BCUT2D eigenvalue weighted by Crippen LogP contribution is 2.45. The molecule has 1 saturated carbocycles. The summed E-state index contributed by atoms with van der Waals surface area (Å²) in [5.74, 6) is -0.386. The van der Waals surface area contributed by atoms with Crippen LogP contribution in [0.3, 0.4) is 0 Å². The molecule has 108 valence electrons. The Bertz CT molecular complexity index is 358. The zero-order chi connectivity index (χ0) is 14.0. The topological polar surface area (TPSA) is 57.6 Å². The molecule has 2 aliphatic rings. The molecule has 0 aromatic carbocycles. The molecule has 1 saturated heterocycles. The summed E-state index contributed by atoms with van der Waals surface area (Å²) < 4.78 is 0. The first-order valence-electron chi connectivity index (χ1n) is 7.47. The predicted octanol–water partition coefficient (Wildman–Crippen LogP) is 2.53. The summed E-state index contributed by atoms with van der Waals surface area (Å²) in [5.41, 5.74) is -0.193. The zero-order valence-electron chi connectivity index (χ0n) is 12.0. The molecule has 1 amide bonds. The number of nitrogens with zero attached hydrogens (tertiary/aromatic N) is 1. The molecule has 2 fully saturated rings. The number of hydrogen-bond acceptors (Lipinski definition) is 2. The van der Waals surface area contributed by atoms with E-state index in [1.54, 1.807) is 0 Å². The largest absolute Gasteiger partial charge is 0.481 e. The van der Waals surface area contributed by atoms with Crippen molar-refractivity contribution in [3.05, 3.63) is 0 Å². The number of aliphatic carboxylic acids is 1. The van der Waals surface area contributed by atoms with Crippen molar-refractivity contribution in [1.29, 1.82) is 0 Å². The third-order valence-electron chi connectivity index (χ3n) is 4.64. The molecule has 0 radical (unpaired) electrons. The molecule has 4 nitrogen and oxygen atoms in total. The van der Waals surface area contributed by atoms with Crippen molar-refractivity contribution in [3.63, 3.8) is 0 Å². The minimum atomic E-state index is -0.764. The SMILES string of the molecule is CC(C)CC1(C(=O)N2CCC(C(=O)O)C2)CCCC1. The van der Waals surface area contributed by atoms with E-state index >= 15 is 0 Å². The van der Waals surface area contributed by atoms with E-state index in [2.05, 4.69) is 13.8 Å². The molecular weight excluding hydrogens is 242 g/mol. The third-order valence-corrected chi connectivity index (χ3v) is 4.64. The molecule has 1 aliphatic carbocycles. The first-order valence-corrected chi connectivity index (χ1v) is 7.47. The number of carbonyl (C=O) groups is 2. The Hall–Kier alpha value is -1.06. The van der Waals surface area contributed by atoms with Crippen LogP contribution in [0.4, 0.5) is 0 Å². The molecular formula is C15H25NO3. The maximum Gasteiger partial charge on any atom is 0.308 e. The van der Waals surface area contributed by atoms with Crippen LogP contribution in [0.2, 0.25) is 0 Å². The summed E-state index contributed by atoms with van der Waals surface area (Å²) in [6, 6.07) is 0. The Morgan fingerprint density at radius 1 is 1.32 bits per heavy atom. The van der Waals surface area contributed by atoms with Crippen LogP contribution in [0, 0.1) is 17.3 Å². The van der Waals surface area contributed by atoms with Crippen molar-refractivity contribution in [2.24, 2.45) is 17.3 Å². The highest BCUT2D eigenvalue weighted by molar-refractivity contribution is 5.84. The van der Waals surface area contributed by atoms with E-state index in [1.807, 2.05) is 4.90 Å². The molecule has 0 aromatic rings. The van der Waals surface area contributed by atoms with Crippen LogP contribution in [0.25, 0.3) is 0 Å². The van der Waals surface area contributed by atoms with Gasteiger partial charge in [-0.05, 0) is 31.6 Å². The molecule has 19 heavy (non-hydrogen) atoms. The molecule has 2 rings (SSSR count). The van der Waals surface area contributed by atoms with Gasteiger partial charge in [0.1, 0.15) is 0 Å². The lowest BCUT2D eigenvalue weighted by Crippen LogP contribution is -2.42. The van der Waals surface area contributed by atoms with Crippen LogP contribution in [-0.4, -0.2) is 35.0 Å². The van der Waals surface area contributed by atoms with Crippen LogP contribution in [0.5, 0.6) is 0 Å². The van der Waals surface area contributed by atoms with Crippen LogP contribution in [0.1, 0.15) is 52.4 Å². The Morgan fingerprint density at radius 3 is 2.42 bits per heavy atom. The number of amides is 1. The maximum absolute atomic E-state index is 12.8. The quantitative estimate of drug-likeness (QED) is 0.851. The van der Waals surface area contributed by atoms with Gasteiger partial charge in [0.25, 0.3) is 0 Å².